The lowest BCUT2D eigenvalue weighted by molar-refractivity contribution is 0.288. The Kier molecular flexibility index (Phi) is 4.94. The van der Waals surface area contributed by atoms with Gasteiger partial charge in [0.05, 0.1) is 17.0 Å². The van der Waals surface area contributed by atoms with Crippen molar-refractivity contribution < 1.29 is 9.47 Å². The number of hydrogen-bond acceptors (Lipinski definition) is 4. The van der Waals surface area contributed by atoms with Crippen molar-refractivity contribution in [2.24, 2.45) is 0 Å². The molecule has 0 unspecified atom stereocenters. The molecule has 0 radical (unpaired) electrons. The van der Waals surface area contributed by atoms with Crippen molar-refractivity contribution in [3.8, 4) is 21.9 Å². The summed E-state index contributed by atoms with van der Waals surface area (Å²) in [7, 11) is 0. The standard InChI is InChI=1S/C15H18BrNO2S/c1-4-18-12-7-10(11(17)8-13(12)19-5-2)14-6-9(3)15(16)20-14/h6-8H,4-5,17H2,1-3H3. The molecule has 5 heteroatoms. The Hall–Kier alpha value is -1.20. The van der Waals surface area contributed by atoms with Gasteiger partial charge >= 0.3 is 0 Å². The topological polar surface area (TPSA) is 44.5 Å². The van der Waals surface area contributed by atoms with Crippen LogP contribution in [0.3, 0.4) is 0 Å². The first kappa shape index (κ1) is 15.2. The number of rotatable bonds is 5. The molecule has 2 N–H and O–H groups in total. The monoisotopic (exact) mass is 355 g/mol. The minimum absolute atomic E-state index is 0.586. The van der Waals surface area contributed by atoms with Crippen LogP contribution >= 0.6 is 27.3 Å². The number of ether oxygens (including phenoxy) is 2. The molecular formula is C15H18BrNO2S. The van der Waals surface area contributed by atoms with Crippen molar-refractivity contribution in [1.29, 1.82) is 0 Å². The summed E-state index contributed by atoms with van der Waals surface area (Å²) in [6.45, 7) is 7.15. The molecule has 1 heterocycles. The Morgan fingerprint density at radius 1 is 1.10 bits per heavy atom. The van der Waals surface area contributed by atoms with Crippen molar-refractivity contribution in [2.45, 2.75) is 20.8 Å². The van der Waals surface area contributed by atoms with Crippen LogP contribution in [0.15, 0.2) is 22.0 Å². The van der Waals surface area contributed by atoms with Crippen molar-refractivity contribution in [2.75, 3.05) is 18.9 Å². The largest absolute Gasteiger partial charge is 0.490 e. The van der Waals surface area contributed by atoms with E-state index in [0.717, 1.165) is 20.0 Å². The number of thiophene rings is 1. The second-order valence-corrected chi connectivity index (χ2v) is 6.69. The predicted molar refractivity (Wildman–Crippen MR) is 88.9 cm³/mol. The molecule has 0 aliphatic rings. The zero-order chi connectivity index (χ0) is 14.7. The molecule has 108 valence electrons. The highest BCUT2D eigenvalue weighted by Gasteiger charge is 2.14. The lowest BCUT2D eigenvalue weighted by Crippen LogP contribution is -2.00. The van der Waals surface area contributed by atoms with E-state index in [2.05, 4.69) is 28.9 Å². The van der Waals surface area contributed by atoms with E-state index >= 15 is 0 Å². The molecule has 1 aromatic carbocycles. The maximum Gasteiger partial charge on any atom is 0.163 e. The van der Waals surface area contributed by atoms with Crippen LogP contribution in [0.4, 0.5) is 5.69 Å². The van der Waals surface area contributed by atoms with Crippen LogP contribution in [0.1, 0.15) is 19.4 Å². The summed E-state index contributed by atoms with van der Waals surface area (Å²) < 4.78 is 12.4. The number of nitrogens with two attached hydrogens (primary N) is 1. The minimum atomic E-state index is 0.586. The van der Waals surface area contributed by atoms with Crippen LogP contribution in [0.5, 0.6) is 11.5 Å². The molecule has 0 bridgehead atoms. The highest BCUT2D eigenvalue weighted by Crippen LogP contribution is 2.42. The number of nitrogen functional groups attached to an aromatic ring is 1. The molecule has 0 spiro atoms. The molecule has 0 aliphatic heterocycles. The van der Waals surface area contributed by atoms with Gasteiger partial charge in [-0.3, -0.25) is 0 Å². The van der Waals surface area contributed by atoms with Gasteiger partial charge in [0.2, 0.25) is 0 Å². The fourth-order valence-electron chi connectivity index (χ4n) is 1.92. The second-order valence-electron chi connectivity index (χ2n) is 4.32. The lowest BCUT2D eigenvalue weighted by Gasteiger charge is -2.14. The molecule has 0 atom stereocenters. The normalized spacial score (nSPS) is 10.6. The molecule has 2 aromatic rings. The van der Waals surface area contributed by atoms with E-state index in [1.54, 1.807) is 11.3 Å². The van der Waals surface area contributed by atoms with E-state index < -0.39 is 0 Å². The number of hydrogen-bond donors (Lipinski definition) is 1. The first-order valence-electron chi connectivity index (χ1n) is 6.52. The summed E-state index contributed by atoms with van der Waals surface area (Å²) in [4.78, 5) is 1.12. The number of aryl methyl sites for hydroxylation is 1. The molecule has 3 nitrogen and oxygen atoms in total. The summed E-state index contributed by atoms with van der Waals surface area (Å²) >= 11 is 5.22. The highest BCUT2D eigenvalue weighted by molar-refractivity contribution is 9.11. The summed E-state index contributed by atoms with van der Waals surface area (Å²) in [6, 6.07) is 5.92. The lowest BCUT2D eigenvalue weighted by atomic mass is 10.1. The Bertz CT molecular complexity index is 591. The van der Waals surface area contributed by atoms with Crippen LogP contribution in [0.25, 0.3) is 10.4 Å². The van der Waals surface area contributed by atoms with Crippen LogP contribution in [-0.4, -0.2) is 13.2 Å². The van der Waals surface area contributed by atoms with Gasteiger partial charge in [-0.2, -0.15) is 0 Å². The van der Waals surface area contributed by atoms with Gasteiger partial charge in [-0.25, -0.2) is 0 Å². The van der Waals surface area contributed by atoms with Crippen LogP contribution in [-0.2, 0) is 0 Å². The summed E-state index contributed by atoms with van der Waals surface area (Å²) in [5.74, 6) is 1.43. The van der Waals surface area contributed by atoms with Crippen molar-refractivity contribution >= 4 is 33.0 Å². The fraction of sp³-hybridized carbons (Fsp3) is 0.333. The van der Waals surface area contributed by atoms with Gasteiger partial charge in [-0.15, -0.1) is 11.3 Å². The van der Waals surface area contributed by atoms with Crippen molar-refractivity contribution in [3.05, 3.63) is 27.5 Å². The molecule has 0 saturated heterocycles. The van der Waals surface area contributed by atoms with E-state index in [-0.39, 0.29) is 0 Å². The first-order valence-corrected chi connectivity index (χ1v) is 8.13. The van der Waals surface area contributed by atoms with Gasteiger partial charge in [-0.05, 0) is 54.4 Å². The number of anilines is 1. The fourth-order valence-corrected chi connectivity index (χ4v) is 3.49. The average Bonchev–Trinajstić information content (AvgIpc) is 2.73. The molecule has 0 saturated carbocycles. The van der Waals surface area contributed by atoms with Crippen molar-refractivity contribution in [1.82, 2.24) is 0 Å². The molecule has 20 heavy (non-hydrogen) atoms. The number of benzene rings is 1. The molecule has 0 amide bonds. The van der Waals surface area contributed by atoms with Gasteiger partial charge in [-0.1, -0.05) is 0 Å². The van der Waals surface area contributed by atoms with Gasteiger partial charge in [0, 0.05) is 22.2 Å². The molecule has 2 rings (SSSR count). The SMILES string of the molecule is CCOc1cc(N)c(-c2cc(C)c(Br)s2)cc1OCC. The third-order valence-corrected chi connectivity index (χ3v) is 5.01. The van der Waals surface area contributed by atoms with Crippen LogP contribution < -0.4 is 15.2 Å². The maximum atomic E-state index is 6.16. The minimum Gasteiger partial charge on any atom is -0.490 e. The zero-order valence-corrected chi connectivity index (χ0v) is 14.2. The maximum absolute atomic E-state index is 6.16. The Morgan fingerprint density at radius 3 is 2.20 bits per heavy atom. The van der Waals surface area contributed by atoms with E-state index in [1.165, 1.54) is 5.56 Å². The number of halogens is 1. The van der Waals surface area contributed by atoms with Crippen molar-refractivity contribution in [3.63, 3.8) is 0 Å². The van der Waals surface area contributed by atoms with E-state index in [1.807, 2.05) is 26.0 Å². The van der Waals surface area contributed by atoms with E-state index in [4.69, 9.17) is 15.2 Å². The van der Waals surface area contributed by atoms with E-state index in [9.17, 15) is 0 Å². The Labute approximate surface area is 131 Å². The molecular weight excluding hydrogens is 338 g/mol. The zero-order valence-electron chi connectivity index (χ0n) is 11.8. The highest BCUT2D eigenvalue weighted by atomic mass is 79.9. The third-order valence-electron chi connectivity index (χ3n) is 2.84. The Balaban J connectivity index is 2.50. The molecule has 1 aromatic heterocycles. The summed E-state index contributed by atoms with van der Waals surface area (Å²) in [5, 5.41) is 0. The van der Waals surface area contributed by atoms with Crippen LogP contribution in [0, 0.1) is 6.92 Å². The first-order chi connectivity index (χ1) is 9.56. The van der Waals surface area contributed by atoms with Gasteiger partial charge in [0.25, 0.3) is 0 Å². The van der Waals surface area contributed by atoms with Gasteiger partial charge < -0.3 is 15.2 Å². The summed E-state index contributed by atoms with van der Waals surface area (Å²) in [6.07, 6.45) is 0. The van der Waals surface area contributed by atoms with Gasteiger partial charge in [0.1, 0.15) is 0 Å². The van der Waals surface area contributed by atoms with Gasteiger partial charge in [0.15, 0.2) is 11.5 Å². The summed E-state index contributed by atoms with van der Waals surface area (Å²) in [5.41, 5.74) is 9.05. The third kappa shape index (κ3) is 3.10. The molecule has 0 fully saturated rings. The smallest absolute Gasteiger partial charge is 0.163 e. The Morgan fingerprint density at radius 2 is 1.70 bits per heavy atom. The van der Waals surface area contributed by atoms with Crippen LogP contribution in [0.2, 0.25) is 0 Å². The molecule has 0 aliphatic carbocycles. The van der Waals surface area contributed by atoms with E-state index in [0.29, 0.717) is 24.7 Å². The predicted octanol–water partition coefficient (Wildman–Crippen LogP) is 4.87. The second kappa shape index (κ2) is 6.50. The quantitative estimate of drug-likeness (QED) is 0.778. The average molecular weight is 356 g/mol.